The predicted molar refractivity (Wildman–Crippen MR) is 107 cm³/mol. The van der Waals surface area contributed by atoms with Crippen molar-refractivity contribution in [2.24, 2.45) is 7.05 Å². The van der Waals surface area contributed by atoms with Gasteiger partial charge in [-0.25, -0.2) is 9.97 Å². The number of para-hydroxylation sites is 2. The van der Waals surface area contributed by atoms with E-state index in [4.69, 9.17) is 9.72 Å². The summed E-state index contributed by atoms with van der Waals surface area (Å²) in [6.45, 7) is 2.94. The highest BCUT2D eigenvalue weighted by Crippen LogP contribution is 2.27. The third-order valence-electron chi connectivity index (χ3n) is 5.37. The van der Waals surface area contributed by atoms with Crippen molar-refractivity contribution in [2.75, 3.05) is 19.8 Å². The van der Waals surface area contributed by atoms with E-state index >= 15 is 0 Å². The molecule has 0 aliphatic carbocycles. The maximum atomic E-state index is 5.77. The van der Waals surface area contributed by atoms with Gasteiger partial charge < -0.3 is 14.3 Å². The van der Waals surface area contributed by atoms with Gasteiger partial charge in [-0.2, -0.15) is 0 Å². The lowest BCUT2D eigenvalue weighted by Gasteiger charge is -2.34. The number of aromatic nitrogens is 5. The summed E-state index contributed by atoms with van der Waals surface area (Å²) in [6, 6.07) is 12.3. The molecular weight excluding hydrogens is 352 g/mol. The molecular formula is C21H22N6O. The smallest absolute Gasteiger partial charge is 0.126 e. The van der Waals surface area contributed by atoms with E-state index in [1.807, 2.05) is 24.4 Å². The molecule has 4 heterocycles. The second-order valence-corrected chi connectivity index (χ2v) is 7.05. The second-order valence-electron chi connectivity index (χ2n) is 7.05. The van der Waals surface area contributed by atoms with E-state index < -0.39 is 0 Å². The molecule has 0 unspecified atom stereocenters. The molecule has 142 valence electrons. The quantitative estimate of drug-likeness (QED) is 0.595. The molecule has 1 fully saturated rings. The molecule has 1 aliphatic rings. The number of morpholine rings is 1. The van der Waals surface area contributed by atoms with Crippen molar-refractivity contribution in [1.82, 2.24) is 29.4 Å². The Morgan fingerprint density at radius 1 is 1.18 bits per heavy atom. The van der Waals surface area contributed by atoms with Crippen LogP contribution in [0.4, 0.5) is 0 Å². The van der Waals surface area contributed by atoms with Crippen LogP contribution in [-0.2, 0) is 18.3 Å². The highest BCUT2D eigenvalue weighted by molar-refractivity contribution is 5.75. The zero-order valence-electron chi connectivity index (χ0n) is 15.7. The Labute approximate surface area is 163 Å². The van der Waals surface area contributed by atoms with Crippen molar-refractivity contribution >= 4 is 11.0 Å². The Balaban J connectivity index is 1.42. The van der Waals surface area contributed by atoms with Gasteiger partial charge in [-0.3, -0.25) is 9.88 Å². The normalized spacial score (nSPS) is 18.0. The van der Waals surface area contributed by atoms with Gasteiger partial charge in [0.15, 0.2) is 0 Å². The number of H-pyrrole nitrogens is 1. The molecule has 3 aromatic heterocycles. The van der Waals surface area contributed by atoms with Crippen molar-refractivity contribution in [3.63, 3.8) is 0 Å². The molecule has 7 heteroatoms. The minimum atomic E-state index is 0.0733. The number of fused-ring (bicyclic) bond motifs is 1. The summed E-state index contributed by atoms with van der Waals surface area (Å²) in [6.07, 6.45) is 5.46. The first-order valence-corrected chi connectivity index (χ1v) is 9.47. The Morgan fingerprint density at radius 3 is 2.89 bits per heavy atom. The number of benzene rings is 1. The van der Waals surface area contributed by atoms with Crippen LogP contribution >= 0.6 is 0 Å². The summed E-state index contributed by atoms with van der Waals surface area (Å²) in [7, 11) is 2.08. The van der Waals surface area contributed by atoms with Gasteiger partial charge in [0.05, 0.1) is 48.7 Å². The van der Waals surface area contributed by atoms with Crippen LogP contribution in [-0.4, -0.2) is 49.2 Å². The fourth-order valence-corrected chi connectivity index (χ4v) is 3.78. The van der Waals surface area contributed by atoms with Crippen LogP contribution in [0, 0.1) is 0 Å². The molecule has 1 N–H and O–H groups in total. The average Bonchev–Trinajstić information content (AvgIpc) is 3.35. The Hall–Kier alpha value is -3.03. The minimum Gasteiger partial charge on any atom is -0.378 e. The highest BCUT2D eigenvalue weighted by atomic mass is 16.5. The SMILES string of the molecule is Cn1c(CN2CCOC[C@H]2c2ncc(-c3ccncc3)[nH]2)nc2ccccc21. The monoisotopic (exact) mass is 374 g/mol. The number of nitrogens with one attached hydrogen (secondary N) is 1. The molecule has 0 spiro atoms. The van der Waals surface area contributed by atoms with Crippen LogP contribution in [0.15, 0.2) is 55.0 Å². The third-order valence-corrected chi connectivity index (χ3v) is 5.37. The predicted octanol–water partition coefficient (Wildman–Crippen LogP) is 2.93. The second kappa shape index (κ2) is 7.18. The first-order valence-electron chi connectivity index (χ1n) is 9.47. The molecule has 7 nitrogen and oxygen atoms in total. The molecule has 4 aromatic rings. The highest BCUT2D eigenvalue weighted by Gasteiger charge is 2.28. The average molecular weight is 374 g/mol. The minimum absolute atomic E-state index is 0.0733. The molecule has 5 rings (SSSR count). The summed E-state index contributed by atoms with van der Waals surface area (Å²) >= 11 is 0. The number of nitrogens with zero attached hydrogens (tertiary/aromatic N) is 5. The van der Waals surface area contributed by atoms with E-state index in [9.17, 15) is 0 Å². The fourth-order valence-electron chi connectivity index (χ4n) is 3.78. The number of pyridine rings is 1. The summed E-state index contributed by atoms with van der Waals surface area (Å²) < 4.78 is 7.94. The Bertz CT molecular complexity index is 1090. The Kier molecular flexibility index (Phi) is 4.38. The van der Waals surface area contributed by atoms with Crippen molar-refractivity contribution in [3.05, 3.63) is 66.6 Å². The standard InChI is InChI=1S/C21H22N6O/c1-26-18-5-3-2-4-16(18)24-20(26)13-27-10-11-28-14-19(27)21-23-12-17(25-21)15-6-8-22-9-7-15/h2-9,12,19H,10-11,13-14H2,1H3,(H,23,25)/t19-/m0/s1. The van der Waals surface area contributed by atoms with Crippen molar-refractivity contribution in [2.45, 2.75) is 12.6 Å². The van der Waals surface area contributed by atoms with Crippen LogP contribution in [0.2, 0.25) is 0 Å². The number of hydrogen-bond acceptors (Lipinski definition) is 5. The van der Waals surface area contributed by atoms with Crippen molar-refractivity contribution in [1.29, 1.82) is 0 Å². The number of aryl methyl sites for hydroxylation is 1. The number of imidazole rings is 2. The molecule has 1 atom stereocenters. The topological polar surface area (TPSA) is 71.9 Å². The van der Waals surface area contributed by atoms with Gasteiger partial charge in [0.1, 0.15) is 11.6 Å². The summed E-state index contributed by atoms with van der Waals surface area (Å²) in [5.74, 6) is 1.97. The molecule has 1 saturated heterocycles. The van der Waals surface area contributed by atoms with E-state index in [-0.39, 0.29) is 6.04 Å². The number of aromatic amines is 1. The van der Waals surface area contributed by atoms with E-state index in [0.717, 1.165) is 53.6 Å². The fraction of sp³-hybridized carbons (Fsp3) is 0.286. The lowest BCUT2D eigenvalue weighted by Crippen LogP contribution is -2.40. The summed E-state index contributed by atoms with van der Waals surface area (Å²) in [5.41, 5.74) is 4.25. The molecule has 0 amide bonds. The van der Waals surface area contributed by atoms with Gasteiger partial charge in [-0.1, -0.05) is 12.1 Å². The van der Waals surface area contributed by atoms with E-state index in [1.54, 1.807) is 12.4 Å². The van der Waals surface area contributed by atoms with Crippen LogP contribution in [0.5, 0.6) is 0 Å². The summed E-state index contributed by atoms with van der Waals surface area (Å²) in [4.78, 5) is 19.4. The van der Waals surface area contributed by atoms with Gasteiger partial charge in [0, 0.05) is 31.5 Å². The van der Waals surface area contributed by atoms with Gasteiger partial charge in [-0.15, -0.1) is 0 Å². The summed E-state index contributed by atoms with van der Waals surface area (Å²) in [5, 5.41) is 0. The van der Waals surface area contributed by atoms with E-state index in [1.165, 1.54) is 0 Å². The largest absolute Gasteiger partial charge is 0.378 e. The number of hydrogen-bond donors (Lipinski definition) is 1. The van der Waals surface area contributed by atoms with Crippen LogP contribution in [0.3, 0.4) is 0 Å². The third kappa shape index (κ3) is 3.08. The van der Waals surface area contributed by atoms with Crippen LogP contribution < -0.4 is 0 Å². The van der Waals surface area contributed by atoms with Crippen LogP contribution in [0.1, 0.15) is 17.7 Å². The van der Waals surface area contributed by atoms with Gasteiger partial charge in [-0.05, 0) is 24.3 Å². The molecule has 0 saturated carbocycles. The first kappa shape index (κ1) is 17.1. The van der Waals surface area contributed by atoms with Crippen molar-refractivity contribution in [3.8, 4) is 11.3 Å². The molecule has 28 heavy (non-hydrogen) atoms. The Morgan fingerprint density at radius 2 is 2.04 bits per heavy atom. The molecule has 0 bridgehead atoms. The zero-order chi connectivity index (χ0) is 18.9. The lowest BCUT2D eigenvalue weighted by atomic mass is 10.2. The lowest BCUT2D eigenvalue weighted by molar-refractivity contribution is -0.0170. The van der Waals surface area contributed by atoms with Crippen molar-refractivity contribution < 1.29 is 4.74 Å². The first-order chi connectivity index (χ1) is 13.8. The number of rotatable bonds is 4. The number of ether oxygens (including phenoxy) is 1. The van der Waals surface area contributed by atoms with Gasteiger partial charge >= 0.3 is 0 Å². The zero-order valence-corrected chi connectivity index (χ0v) is 15.7. The van der Waals surface area contributed by atoms with Gasteiger partial charge in [0.2, 0.25) is 0 Å². The van der Waals surface area contributed by atoms with E-state index in [0.29, 0.717) is 6.61 Å². The maximum Gasteiger partial charge on any atom is 0.126 e. The molecule has 0 radical (unpaired) electrons. The van der Waals surface area contributed by atoms with Gasteiger partial charge in [0.25, 0.3) is 0 Å². The van der Waals surface area contributed by atoms with Crippen LogP contribution in [0.25, 0.3) is 22.3 Å². The van der Waals surface area contributed by atoms with E-state index in [2.05, 4.69) is 49.7 Å². The molecule has 1 aromatic carbocycles. The maximum absolute atomic E-state index is 5.77. The molecule has 1 aliphatic heterocycles.